The summed E-state index contributed by atoms with van der Waals surface area (Å²) in [6.45, 7) is 4.61. The second-order valence-corrected chi connectivity index (χ2v) is 7.72. The van der Waals surface area contributed by atoms with E-state index in [4.69, 9.17) is 0 Å². The smallest absolute Gasteiger partial charge is 0.0178 e. The van der Waals surface area contributed by atoms with Crippen LogP contribution in [0.3, 0.4) is 0 Å². The molecule has 1 aromatic rings. The molecule has 3 heteroatoms. The van der Waals surface area contributed by atoms with Gasteiger partial charge in [0, 0.05) is 20.5 Å². The molecule has 0 radical (unpaired) electrons. The highest BCUT2D eigenvalue weighted by atomic mass is 79.9. The Morgan fingerprint density at radius 3 is 2.35 bits per heavy atom. The minimum absolute atomic E-state index is 0.193. The van der Waals surface area contributed by atoms with Crippen molar-refractivity contribution in [2.45, 2.75) is 51.4 Å². The zero-order chi connectivity index (χ0) is 15.0. The molecule has 0 heterocycles. The number of halogens is 3. The maximum atomic E-state index is 3.78. The summed E-state index contributed by atoms with van der Waals surface area (Å²) in [7, 11) is 0. The maximum absolute atomic E-state index is 3.78. The monoisotopic (exact) mass is 466 g/mol. The summed E-state index contributed by atoms with van der Waals surface area (Å²) >= 11 is 11.2. The lowest BCUT2D eigenvalue weighted by atomic mass is 9.75. The van der Waals surface area contributed by atoms with Crippen LogP contribution in [0.4, 0.5) is 0 Å². The quantitative estimate of drug-likeness (QED) is 0.339. The van der Waals surface area contributed by atoms with E-state index in [1.165, 1.54) is 42.1 Å². The largest absolute Gasteiger partial charge is 0.0918 e. The Morgan fingerprint density at radius 2 is 1.85 bits per heavy atom. The van der Waals surface area contributed by atoms with Crippen molar-refractivity contribution in [3.63, 3.8) is 0 Å². The second kappa shape index (κ2) is 9.63. The van der Waals surface area contributed by atoms with E-state index >= 15 is 0 Å². The number of hydrogen-bond acceptors (Lipinski definition) is 0. The van der Waals surface area contributed by atoms with Gasteiger partial charge in [0.25, 0.3) is 0 Å². The fraction of sp³-hybridized carbons (Fsp3) is 0.647. The lowest BCUT2D eigenvalue weighted by molar-refractivity contribution is 0.338. The summed E-state index contributed by atoms with van der Waals surface area (Å²) in [4.78, 5) is 0. The molecule has 1 rings (SSSR count). The molecular formula is C17H25Br3. The molecule has 0 N–H and O–H groups in total. The predicted molar refractivity (Wildman–Crippen MR) is 101 cm³/mol. The predicted octanol–water partition coefficient (Wildman–Crippen LogP) is 7.08. The third-order valence-electron chi connectivity index (χ3n) is 4.17. The molecule has 1 aromatic carbocycles. The summed E-state index contributed by atoms with van der Waals surface area (Å²) in [6, 6.07) is 8.78. The molecule has 0 fully saturated rings. The highest BCUT2D eigenvalue weighted by Crippen LogP contribution is 2.38. The van der Waals surface area contributed by atoms with E-state index in [2.05, 4.69) is 85.9 Å². The molecule has 0 aliphatic heterocycles. The van der Waals surface area contributed by atoms with Crippen LogP contribution in [0, 0.1) is 5.92 Å². The van der Waals surface area contributed by atoms with Crippen molar-refractivity contribution in [1.29, 1.82) is 0 Å². The Balaban J connectivity index is 2.96. The first-order valence-electron chi connectivity index (χ1n) is 7.49. The molecule has 0 aromatic heterocycles. The highest BCUT2D eigenvalue weighted by molar-refractivity contribution is 9.10. The molecule has 0 bridgehead atoms. The molecule has 20 heavy (non-hydrogen) atoms. The van der Waals surface area contributed by atoms with Gasteiger partial charge in [-0.1, -0.05) is 99.5 Å². The Hall–Kier alpha value is 0.660. The van der Waals surface area contributed by atoms with Crippen LogP contribution in [0.5, 0.6) is 0 Å². The fourth-order valence-electron chi connectivity index (χ4n) is 2.73. The standard InChI is InChI=1S/C17H25Br3/c1-3-5-7-14(4-2)11-17(12-18,13-19)15-8-6-9-16(20)10-15/h6,8-10,14H,3-5,7,11-13H2,1-2H3. The van der Waals surface area contributed by atoms with E-state index in [9.17, 15) is 0 Å². The summed E-state index contributed by atoms with van der Waals surface area (Å²) in [5.41, 5.74) is 1.62. The fourth-order valence-corrected chi connectivity index (χ4v) is 5.16. The molecule has 0 aliphatic rings. The van der Waals surface area contributed by atoms with E-state index < -0.39 is 0 Å². The van der Waals surface area contributed by atoms with Crippen molar-refractivity contribution in [3.05, 3.63) is 34.3 Å². The molecule has 0 nitrogen and oxygen atoms in total. The number of alkyl halides is 2. The van der Waals surface area contributed by atoms with Gasteiger partial charge < -0.3 is 0 Å². The van der Waals surface area contributed by atoms with Crippen molar-refractivity contribution >= 4 is 47.8 Å². The SMILES string of the molecule is CCCCC(CC)CC(CBr)(CBr)c1cccc(Br)c1. The van der Waals surface area contributed by atoms with Gasteiger partial charge in [-0.3, -0.25) is 0 Å². The van der Waals surface area contributed by atoms with E-state index in [-0.39, 0.29) is 5.41 Å². The van der Waals surface area contributed by atoms with Crippen LogP contribution in [0.2, 0.25) is 0 Å². The molecule has 1 unspecified atom stereocenters. The Bertz CT molecular complexity index is 386. The molecule has 114 valence electrons. The van der Waals surface area contributed by atoms with Crippen LogP contribution in [0.25, 0.3) is 0 Å². The first-order chi connectivity index (χ1) is 9.61. The van der Waals surface area contributed by atoms with Gasteiger partial charge in [-0.2, -0.15) is 0 Å². The maximum Gasteiger partial charge on any atom is 0.0178 e. The van der Waals surface area contributed by atoms with Gasteiger partial charge in [0.2, 0.25) is 0 Å². The molecule has 0 saturated carbocycles. The average molecular weight is 469 g/mol. The van der Waals surface area contributed by atoms with E-state index in [1.807, 2.05) is 0 Å². The number of unbranched alkanes of at least 4 members (excludes halogenated alkanes) is 1. The third-order valence-corrected chi connectivity index (χ3v) is 6.81. The van der Waals surface area contributed by atoms with E-state index in [0.717, 1.165) is 16.6 Å². The van der Waals surface area contributed by atoms with Crippen LogP contribution in [-0.2, 0) is 5.41 Å². The Labute approximate surface area is 149 Å². The normalized spacial score (nSPS) is 13.4. The molecular weight excluding hydrogens is 444 g/mol. The first-order valence-corrected chi connectivity index (χ1v) is 10.5. The lowest BCUT2D eigenvalue weighted by Gasteiger charge is -2.34. The van der Waals surface area contributed by atoms with Crippen molar-refractivity contribution in [1.82, 2.24) is 0 Å². The number of rotatable bonds is 9. The third kappa shape index (κ3) is 5.14. The Kier molecular flexibility index (Phi) is 9.01. The zero-order valence-corrected chi connectivity index (χ0v) is 17.2. The van der Waals surface area contributed by atoms with Gasteiger partial charge in [0.1, 0.15) is 0 Å². The van der Waals surface area contributed by atoms with Crippen molar-refractivity contribution in [2.24, 2.45) is 5.92 Å². The lowest BCUT2D eigenvalue weighted by Crippen LogP contribution is -2.33. The van der Waals surface area contributed by atoms with Gasteiger partial charge in [-0.05, 0) is 30.0 Å². The van der Waals surface area contributed by atoms with Crippen LogP contribution >= 0.6 is 47.8 Å². The average Bonchev–Trinajstić information content (AvgIpc) is 2.48. The molecule has 0 saturated heterocycles. The topological polar surface area (TPSA) is 0 Å². The molecule has 1 atom stereocenters. The van der Waals surface area contributed by atoms with Crippen LogP contribution in [0.1, 0.15) is 51.5 Å². The summed E-state index contributed by atoms with van der Waals surface area (Å²) < 4.78 is 1.17. The van der Waals surface area contributed by atoms with Gasteiger partial charge in [-0.25, -0.2) is 0 Å². The zero-order valence-electron chi connectivity index (χ0n) is 12.5. The van der Waals surface area contributed by atoms with Gasteiger partial charge in [0.15, 0.2) is 0 Å². The minimum atomic E-state index is 0.193. The molecule has 0 spiro atoms. The van der Waals surface area contributed by atoms with Crippen molar-refractivity contribution in [3.8, 4) is 0 Å². The molecule has 0 aliphatic carbocycles. The number of benzene rings is 1. The van der Waals surface area contributed by atoms with E-state index in [0.29, 0.717) is 0 Å². The van der Waals surface area contributed by atoms with Crippen LogP contribution in [-0.4, -0.2) is 10.7 Å². The van der Waals surface area contributed by atoms with E-state index in [1.54, 1.807) is 0 Å². The summed E-state index contributed by atoms with van der Waals surface area (Å²) in [5.74, 6) is 0.809. The van der Waals surface area contributed by atoms with Crippen LogP contribution in [0.15, 0.2) is 28.7 Å². The summed E-state index contributed by atoms with van der Waals surface area (Å²) in [5, 5.41) is 2.01. The molecule has 0 amide bonds. The first kappa shape index (κ1) is 18.7. The van der Waals surface area contributed by atoms with Crippen molar-refractivity contribution in [2.75, 3.05) is 10.7 Å². The second-order valence-electron chi connectivity index (χ2n) is 5.68. The van der Waals surface area contributed by atoms with Gasteiger partial charge >= 0.3 is 0 Å². The number of hydrogen-bond donors (Lipinski definition) is 0. The minimum Gasteiger partial charge on any atom is -0.0918 e. The highest BCUT2D eigenvalue weighted by Gasteiger charge is 2.32. The summed E-state index contributed by atoms with van der Waals surface area (Å²) in [6.07, 6.45) is 6.51. The van der Waals surface area contributed by atoms with Gasteiger partial charge in [-0.15, -0.1) is 0 Å². The van der Waals surface area contributed by atoms with Crippen molar-refractivity contribution < 1.29 is 0 Å². The van der Waals surface area contributed by atoms with Gasteiger partial charge in [0.05, 0.1) is 0 Å². The Morgan fingerprint density at radius 1 is 1.15 bits per heavy atom. The van der Waals surface area contributed by atoms with Crippen LogP contribution < -0.4 is 0 Å².